The van der Waals surface area contributed by atoms with Crippen molar-refractivity contribution in [1.82, 2.24) is 5.43 Å². The topological polar surface area (TPSA) is 68.4 Å². The number of benzene rings is 1. The standard InChI is InChI=1S/C13H11N3O2/c17-13(12-6-8-16(18)9-7-12)15-14-10-11-4-2-1-3-5-11/h1-10H,(H,15,17)/b14-10+. The Morgan fingerprint density at radius 3 is 2.50 bits per heavy atom. The fourth-order valence-electron chi connectivity index (χ4n) is 1.33. The summed E-state index contributed by atoms with van der Waals surface area (Å²) in [6.45, 7) is 0. The van der Waals surface area contributed by atoms with E-state index in [1.54, 1.807) is 6.21 Å². The average molecular weight is 241 g/mol. The van der Waals surface area contributed by atoms with Gasteiger partial charge < -0.3 is 5.21 Å². The van der Waals surface area contributed by atoms with Crippen molar-refractivity contribution in [3.63, 3.8) is 0 Å². The lowest BCUT2D eigenvalue weighted by molar-refractivity contribution is -0.605. The zero-order valence-corrected chi connectivity index (χ0v) is 9.48. The van der Waals surface area contributed by atoms with Gasteiger partial charge in [0.2, 0.25) is 0 Å². The zero-order chi connectivity index (χ0) is 12.8. The van der Waals surface area contributed by atoms with Crippen molar-refractivity contribution < 1.29 is 9.52 Å². The SMILES string of the molecule is O=C(N/N=C/c1ccccc1)c1cc[n+]([O-])cc1. The second kappa shape index (κ2) is 5.58. The smallest absolute Gasteiger partial charge is 0.271 e. The first-order valence-electron chi connectivity index (χ1n) is 5.33. The number of aromatic nitrogens is 1. The summed E-state index contributed by atoms with van der Waals surface area (Å²) in [5, 5.41) is 14.6. The first-order chi connectivity index (χ1) is 8.75. The van der Waals surface area contributed by atoms with Crippen LogP contribution in [0, 0.1) is 5.21 Å². The third-order valence-electron chi connectivity index (χ3n) is 2.24. The Morgan fingerprint density at radius 1 is 1.17 bits per heavy atom. The molecule has 0 aliphatic rings. The third-order valence-corrected chi connectivity index (χ3v) is 2.24. The van der Waals surface area contributed by atoms with E-state index in [-0.39, 0.29) is 5.91 Å². The molecule has 0 radical (unpaired) electrons. The molecule has 90 valence electrons. The van der Waals surface area contributed by atoms with E-state index in [0.717, 1.165) is 5.56 Å². The molecule has 1 amide bonds. The molecule has 0 unspecified atom stereocenters. The Bertz CT molecular complexity index is 550. The molecule has 1 aromatic heterocycles. The van der Waals surface area contributed by atoms with E-state index in [1.807, 2.05) is 30.3 Å². The molecule has 0 atom stereocenters. The summed E-state index contributed by atoms with van der Waals surface area (Å²) in [4.78, 5) is 11.6. The maximum Gasteiger partial charge on any atom is 0.271 e. The van der Waals surface area contributed by atoms with Crippen LogP contribution in [-0.4, -0.2) is 12.1 Å². The van der Waals surface area contributed by atoms with Gasteiger partial charge >= 0.3 is 0 Å². The first kappa shape index (κ1) is 11.8. The van der Waals surface area contributed by atoms with Crippen LogP contribution in [-0.2, 0) is 0 Å². The number of carbonyl (C=O) groups excluding carboxylic acids is 1. The minimum absolute atomic E-state index is 0.359. The van der Waals surface area contributed by atoms with Gasteiger partial charge in [-0.1, -0.05) is 30.3 Å². The van der Waals surface area contributed by atoms with E-state index in [1.165, 1.54) is 24.5 Å². The highest BCUT2D eigenvalue weighted by molar-refractivity contribution is 5.94. The Hall–Kier alpha value is -2.69. The first-order valence-corrected chi connectivity index (χ1v) is 5.33. The van der Waals surface area contributed by atoms with Crippen molar-refractivity contribution in [2.24, 2.45) is 5.10 Å². The van der Waals surface area contributed by atoms with Crippen LogP contribution < -0.4 is 10.2 Å². The molecule has 5 heteroatoms. The Kier molecular flexibility index (Phi) is 3.66. The van der Waals surface area contributed by atoms with Gasteiger partial charge in [0.05, 0.1) is 11.8 Å². The molecule has 0 saturated heterocycles. The third kappa shape index (κ3) is 3.15. The van der Waals surface area contributed by atoms with Crippen LogP contribution in [0.4, 0.5) is 0 Å². The number of nitrogens with one attached hydrogen (secondary N) is 1. The molecule has 5 nitrogen and oxygen atoms in total. The summed E-state index contributed by atoms with van der Waals surface area (Å²) in [5.41, 5.74) is 3.66. The second-order valence-corrected chi connectivity index (χ2v) is 3.56. The molecule has 0 fully saturated rings. The van der Waals surface area contributed by atoms with E-state index in [2.05, 4.69) is 10.5 Å². The molecule has 2 aromatic rings. The van der Waals surface area contributed by atoms with Crippen molar-refractivity contribution in [3.8, 4) is 0 Å². The Labute approximate surface area is 104 Å². The predicted molar refractivity (Wildman–Crippen MR) is 66.9 cm³/mol. The van der Waals surface area contributed by atoms with E-state index in [4.69, 9.17) is 0 Å². The van der Waals surface area contributed by atoms with Gasteiger partial charge in [0.1, 0.15) is 0 Å². The van der Waals surface area contributed by atoms with Crippen LogP contribution in [0.25, 0.3) is 0 Å². The van der Waals surface area contributed by atoms with E-state index < -0.39 is 0 Å². The van der Waals surface area contributed by atoms with Crippen LogP contribution in [0.1, 0.15) is 15.9 Å². The highest BCUT2D eigenvalue weighted by Gasteiger charge is 2.04. The number of pyridine rings is 1. The maximum atomic E-state index is 11.6. The summed E-state index contributed by atoms with van der Waals surface area (Å²) in [6.07, 6.45) is 4.07. The average Bonchev–Trinajstić information content (AvgIpc) is 2.40. The van der Waals surface area contributed by atoms with E-state index >= 15 is 0 Å². The largest absolute Gasteiger partial charge is 0.619 e. The molecule has 0 aliphatic heterocycles. The molecule has 1 aromatic carbocycles. The Balaban J connectivity index is 1.96. The van der Waals surface area contributed by atoms with Crippen LogP contribution in [0.5, 0.6) is 0 Å². The molecule has 0 spiro atoms. The van der Waals surface area contributed by atoms with Gasteiger partial charge in [-0.15, -0.1) is 0 Å². The summed E-state index contributed by atoms with van der Waals surface area (Å²) in [7, 11) is 0. The summed E-state index contributed by atoms with van der Waals surface area (Å²) >= 11 is 0. The van der Waals surface area contributed by atoms with Gasteiger partial charge in [0, 0.05) is 12.1 Å². The fraction of sp³-hybridized carbons (Fsp3) is 0. The Morgan fingerprint density at radius 2 is 1.83 bits per heavy atom. The molecule has 18 heavy (non-hydrogen) atoms. The van der Waals surface area contributed by atoms with Crippen molar-refractivity contribution in [1.29, 1.82) is 0 Å². The van der Waals surface area contributed by atoms with Gasteiger partial charge in [-0.3, -0.25) is 4.79 Å². The van der Waals surface area contributed by atoms with E-state index in [0.29, 0.717) is 10.3 Å². The van der Waals surface area contributed by atoms with Gasteiger partial charge in [0.15, 0.2) is 12.4 Å². The number of nitrogens with zero attached hydrogens (tertiary/aromatic N) is 2. The van der Waals surface area contributed by atoms with Gasteiger partial charge in [-0.2, -0.15) is 9.83 Å². The molecule has 0 aliphatic carbocycles. The van der Waals surface area contributed by atoms with Gasteiger partial charge in [0.25, 0.3) is 5.91 Å². The number of hydrogen-bond acceptors (Lipinski definition) is 3. The lowest BCUT2D eigenvalue weighted by Gasteiger charge is -1.99. The monoisotopic (exact) mass is 241 g/mol. The maximum absolute atomic E-state index is 11.6. The zero-order valence-electron chi connectivity index (χ0n) is 9.48. The van der Waals surface area contributed by atoms with Gasteiger partial charge in [-0.25, -0.2) is 5.43 Å². The molecule has 2 rings (SSSR count). The lowest BCUT2D eigenvalue weighted by Crippen LogP contribution is -2.26. The molecule has 0 saturated carbocycles. The van der Waals surface area contributed by atoms with Crippen molar-refractivity contribution in [3.05, 3.63) is 71.2 Å². The molecule has 1 N–H and O–H groups in total. The molecular formula is C13H11N3O2. The predicted octanol–water partition coefficient (Wildman–Crippen LogP) is 1.08. The van der Waals surface area contributed by atoms with Crippen molar-refractivity contribution >= 4 is 12.1 Å². The summed E-state index contributed by atoms with van der Waals surface area (Å²) in [5.74, 6) is -0.359. The van der Waals surface area contributed by atoms with E-state index in [9.17, 15) is 10.0 Å². The normalized spacial score (nSPS) is 10.4. The minimum Gasteiger partial charge on any atom is -0.619 e. The second-order valence-electron chi connectivity index (χ2n) is 3.56. The number of hydrazone groups is 1. The lowest BCUT2D eigenvalue weighted by atomic mass is 10.2. The number of hydrogen-bond donors (Lipinski definition) is 1. The molecule has 0 bridgehead atoms. The summed E-state index contributed by atoms with van der Waals surface area (Å²) in [6, 6.07) is 12.3. The molecular weight excluding hydrogens is 230 g/mol. The number of rotatable bonds is 3. The van der Waals surface area contributed by atoms with Crippen LogP contribution in [0.3, 0.4) is 0 Å². The van der Waals surface area contributed by atoms with Crippen molar-refractivity contribution in [2.75, 3.05) is 0 Å². The summed E-state index contributed by atoms with van der Waals surface area (Å²) < 4.78 is 0.615. The fourth-order valence-corrected chi connectivity index (χ4v) is 1.33. The highest BCUT2D eigenvalue weighted by Crippen LogP contribution is 1.96. The number of carbonyl (C=O) groups is 1. The minimum atomic E-state index is -0.359. The van der Waals surface area contributed by atoms with Gasteiger partial charge in [-0.05, 0) is 5.56 Å². The van der Waals surface area contributed by atoms with Crippen LogP contribution >= 0.6 is 0 Å². The van der Waals surface area contributed by atoms with Crippen molar-refractivity contribution in [2.45, 2.75) is 0 Å². The number of amides is 1. The molecule has 1 heterocycles. The van der Waals surface area contributed by atoms with Crippen LogP contribution in [0.2, 0.25) is 0 Å². The van der Waals surface area contributed by atoms with Crippen LogP contribution in [0.15, 0.2) is 60.0 Å². The quantitative estimate of drug-likeness (QED) is 0.378. The highest BCUT2D eigenvalue weighted by atomic mass is 16.5.